The largest absolute Gasteiger partial charge is 0.348 e. The molecule has 1 unspecified atom stereocenters. The van der Waals surface area contributed by atoms with Crippen molar-refractivity contribution in [2.24, 2.45) is 0 Å². The van der Waals surface area contributed by atoms with Crippen molar-refractivity contribution in [2.45, 2.75) is 36.9 Å². The van der Waals surface area contributed by atoms with Crippen LogP contribution in [0.25, 0.3) is 0 Å². The number of aryl methyl sites for hydroxylation is 1. The fourth-order valence-corrected chi connectivity index (χ4v) is 4.58. The maximum Gasteiger partial charge on any atom is 0.252 e. The Morgan fingerprint density at radius 2 is 2.26 bits per heavy atom. The molecule has 0 aliphatic carbocycles. The maximum atomic E-state index is 12.1. The molecule has 0 bridgehead atoms. The van der Waals surface area contributed by atoms with Crippen molar-refractivity contribution < 1.29 is 17.9 Å². The van der Waals surface area contributed by atoms with Gasteiger partial charge in [0.15, 0.2) is 14.5 Å². The fourth-order valence-electron chi connectivity index (χ4n) is 1.73. The Hall–Kier alpha value is -0.250. The SMILES string of the molecule is Cc1nc(Cl)sc1S(=O)(=O)NCC1COC(C)(C)O1. The highest BCUT2D eigenvalue weighted by atomic mass is 35.5. The van der Waals surface area contributed by atoms with Crippen molar-refractivity contribution >= 4 is 33.0 Å². The summed E-state index contributed by atoms with van der Waals surface area (Å²) >= 11 is 6.64. The minimum Gasteiger partial charge on any atom is -0.348 e. The lowest BCUT2D eigenvalue weighted by Gasteiger charge is -2.17. The zero-order valence-electron chi connectivity index (χ0n) is 10.8. The van der Waals surface area contributed by atoms with Gasteiger partial charge in [-0.2, -0.15) is 0 Å². The summed E-state index contributed by atoms with van der Waals surface area (Å²) in [7, 11) is -3.61. The van der Waals surface area contributed by atoms with Gasteiger partial charge in [-0.05, 0) is 20.8 Å². The number of halogens is 1. The molecule has 6 nitrogen and oxygen atoms in total. The van der Waals surface area contributed by atoms with Crippen molar-refractivity contribution in [3.05, 3.63) is 10.2 Å². The first kappa shape index (κ1) is 15.1. The molecule has 0 saturated carbocycles. The lowest BCUT2D eigenvalue weighted by atomic mass is 10.4. The first-order valence-corrected chi connectivity index (χ1v) is 8.32. The molecular formula is C10H15ClN2O4S2. The zero-order valence-corrected chi connectivity index (χ0v) is 13.2. The van der Waals surface area contributed by atoms with Crippen LogP contribution in [0.5, 0.6) is 0 Å². The van der Waals surface area contributed by atoms with E-state index in [2.05, 4.69) is 9.71 Å². The van der Waals surface area contributed by atoms with E-state index in [-0.39, 0.29) is 21.3 Å². The Morgan fingerprint density at radius 3 is 2.74 bits per heavy atom. The normalized spacial score (nSPS) is 22.8. The minimum absolute atomic E-state index is 0.135. The van der Waals surface area contributed by atoms with Crippen LogP contribution in [0, 0.1) is 6.92 Å². The lowest BCUT2D eigenvalue weighted by molar-refractivity contribution is -0.137. The van der Waals surface area contributed by atoms with Crippen LogP contribution < -0.4 is 4.72 Å². The quantitative estimate of drug-likeness (QED) is 0.908. The van der Waals surface area contributed by atoms with Gasteiger partial charge in [-0.15, -0.1) is 0 Å². The third-order valence-electron chi connectivity index (χ3n) is 2.54. The second-order valence-electron chi connectivity index (χ2n) is 4.64. The number of thiazole rings is 1. The summed E-state index contributed by atoms with van der Waals surface area (Å²) in [6.45, 7) is 5.69. The smallest absolute Gasteiger partial charge is 0.252 e. The topological polar surface area (TPSA) is 77.5 Å². The molecule has 1 aliphatic heterocycles. The number of hydrogen-bond acceptors (Lipinski definition) is 6. The second kappa shape index (κ2) is 5.27. The molecular weight excluding hydrogens is 312 g/mol. The van der Waals surface area contributed by atoms with Gasteiger partial charge in [0.2, 0.25) is 0 Å². The number of hydrogen-bond donors (Lipinski definition) is 1. The first-order valence-electron chi connectivity index (χ1n) is 5.64. The Morgan fingerprint density at radius 1 is 1.58 bits per heavy atom. The van der Waals surface area contributed by atoms with Crippen LogP contribution >= 0.6 is 22.9 Å². The molecule has 1 aromatic heterocycles. The number of aromatic nitrogens is 1. The Labute approximate surface area is 121 Å². The molecule has 1 N–H and O–H groups in total. The average molecular weight is 327 g/mol. The second-order valence-corrected chi connectivity index (χ2v) is 8.19. The molecule has 1 fully saturated rings. The molecule has 2 heterocycles. The molecule has 1 atom stereocenters. The molecule has 108 valence electrons. The van der Waals surface area contributed by atoms with Gasteiger partial charge in [0, 0.05) is 6.54 Å². The first-order chi connectivity index (χ1) is 8.70. The summed E-state index contributed by atoms with van der Waals surface area (Å²) in [6.07, 6.45) is -0.298. The Kier molecular flexibility index (Phi) is 4.20. The van der Waals surface area contributed by atoms with E-state index in [1.54, 1.807) is 20.8 Å². The number of sulfonamides is 1. The summed E-state index contributed by atoms with van der Waals surface area (Å²) in [4.78, 5) is 3.89. The number of nitrogens with zero attached hydrogens (tertiary/aromatic N) is 1. The number of ether oxygens (including phenoxy) is 2. The van der Waals surface area contributed by atoms with Gasteiger partial charge < -0.3 is 9.47 Å². The highest BCUT2D eigenvalue weighted by molar-refractivity contribution is 7.91. The van der Waals surface area contributed by atoms with E-state index in [4.69, 9.17) is 21.1 Å². The van der Waals surface area contributed by atoms with Crippen LogP contribution in [0.3, 0.4) is 0 Å². The number of nitrogens with one attached hydrogen (secondary N) is 1. The fraction of sp³-hybridized carbons (Fsp3) is 0.700. The van der Waals surface area contributed by atoms with Crippen LogP contribution in [0.15, 0.2) is 4.21 Å². The van der Waals surface area contributed by atoms with Crippen molar-refractivity contribution in [1.82, 2.24) is 9.71 Å². The summed E-state index contributed by atoms with van der Waals surface area (Å²) in [5.74, 6) is -0.667. The average Bonchev–Trinajstić information content (AvgIpc) is 2.79. The summed E-state index contributed by atoms with van der Waals surface area (Å²) in [5, 5.41) is 0. The monoisotopic (exact) mass is 326 g/mol. The summed E-state index contributed by atoms with van der Waals surface area (Å²) in [5.41, 5.74) is 0.395. The van der Waals surface area contributed by atoms with E-state index in [0.29, 0.717) is 12.3 Å². The molecule has 0 radical (unpaired) electrons. The summed E-state index contributed by atoms with van der Waals surface area (Å²) < 4.78 is 37.9. The number of rotatable bonds is 4. The van der Waals surface area contributed by atoms with E-state index in [1.165, 1.54) is 0 Å². The van der Waals surface area contributed by atoms with Crippen LogP contribution in [0.1, 0.15) is 19.5 Å². The molecule has 2 rings (SSSR count). The van der Waals surface area contributed by atoms with Gasteiger partial charge in [0.05, 0.1) is 18.4 Å². The lowest BCUT2D eigenvalue weighted by Crippen LogP contribution is -2.34. The zero-order chi connectivity index (χ0) is 14.3. The van der Waals surface area contributed by atoms with Gasteiger partial charge in [-0.1, -0.05) is 22.9 Å². The van der Waals surface area contributed by atoms with Gasteiger partial charge in [0.25, 0.3) is 10.0 Å². The summed E-state index contributed by atoms with van der Waals surface area (Å²) in [6, 6.07) is 0. The molecule has 1 aliphatic rings. The predicted molar refractivity (Wildman–Crippen MR) is 72.0 cm³/mol. The van der Waals surface area contributed by atoms with Crippen molar-refractivity contribution in [1.29, 1.82) is 0 Å². The van der Waals surface area contributed by atoms with Crippen molar-refractivity contribution in [3.8, 4) is 0 Å². The third kappa shape index (κ3) is 3.65. The minimum atomic E-state index is -3.61. The highest BCUT2D eigenvalue weighted by Gasteiger charge is 2.33. The van der Waals surface area contributed by atoms with Gasteiger partial charge in [-0.3, -0.25) is 0 Å². The maximum absolute atomic E-state index is 12.1. The molecule has 0 spiro atoms. The van der Waals surface area contributed by atoms with E-state index in [1.807, 2.05) is 0 Å². The molecule has 1 saturated heterocycles. The Bertz CT molecular complexity index is 570. The van der Waals surface area contributed by atoms with E-state index >= 15 is 0 Å². The standard InChI is InChI=1S/C10H15ClN2O4S2/c1-6-8(18-9(11)13-6)19(14,15)12-4-7-5-16-10(2,3)17-7/h7,12H,4-5H2,1-3H3. The van der Waals surface area contributed by atoms with Gasteiger partial charge >= 0.3 is 0 Å². The Balaban J connectivity index is 2.01. The molecule has 1 aromatic rings. The van der Waals surface area contributed by atoms with Gasteiger partial charge in [0.1, 0.15) is 0 Å². The van der Waals surface area contributed by atoms with Crippen molar-refractivity contribution in [3.63, 3.8) is 0 Å². The molecule has 9 heteroatoms. The predicted octanol–water partition coefficient (Wildman–Crippen LogP) is 1.53. The highest BCUT2D eigenvalue weighted by Crippen LogP contribution is 2.27. The van der Waals surface area contributed by atoms with E-state index in [0.717, 1.165) is 11.3 Å². The van der Waals surface area contributed by atoms with Gasteiger partial charge in [-0.25, -0.2) is 18.1 Å². The van der Waals surface area contributed by atoms with Crippen LogP contribution in [0.2, 0.25) is 4.47 Å². The van der Waals surface area contributed by atoms with E-state index in [9.17, 15) is 8.42 Å². The molecule has 0 amide bonds. The van der Waals surface area contributed by atoms with Crippen LogP contribution in [-0.4, -0.2) is 38.4 Å². The third-order valence-corrected chi connectivity index (χ3v) is 5.84. The molecule has 0 aromatic carbocycles. The van der Waals surface area contributed by atoms with Crippen LogP contribution in [0.4, 0.5) is 0 Å². The van der Waals surface area contributed by atoms with Crippen LogP contribution in [-0.2, 0) is 19.5 Å². The van der Waals surface area contributed by atoms with E-state index < -0.39 is 15.8 Å². The molecule has 19 heavy (non-hydrogen) atoms. The van der Waals surface area contributed by atoms with Crippen molar-refractivity contribution in [2.75, 3.05) is 13.2 Å².